The van der Waals surface area contributed by atoms with Crippen LogP contribution in [-0.2, 0) is 0 Å². The molecule has 5 heteroatoms. The van der Waals surface area contributed by atoms with E-state index >= 15 is 0 Å². The number of nitrogen functional groups attached to an aromatic ring is 1. The summed E-state index contributed by atoms with van der Waals surface area (Å²) >= 11 is 7.69. The average Bonchev–Trinajstić information content (AvgIpc) is 2.75. The molecule has 0 aliphatic heterocycles. The molecule has 1 atom stereocenters. The third-order valence-corrected chi connectivity index (χ3v) is 3.46. The molecule has 0 spiro atoms. The number of anilines is 2. The van der Waals surface area contributed by atoms with Crippen molar-refractivity contribution in [3.8, 4) is 0 Å². The van der Waals surface area contributed by atoms with Crippen molar-refractivity contribution in [2.45, 2.75) is 13.0 Å². The van der Waals surface area contributed by atoms with Gasteiger partial charge < -0.3 is 11.1 Å². The van der Waals surface area contributed by atoms with Gasteiger partial charge in [-0.1, -0.05) is 11.6 Å². The van der Waals surface area contributed by atoms with Crippen LogP contribution in [0.3, 0.4) is 0 Å². The van der Waals surface area contributed by atoms with Crippen molar-refractivity contribution in [3.05, 3.63) is 39.8 Å². The zero-order chi connectivity index (χ0) is 11.5. The normalized spacial score (nSPS) is 12.4. The van der Waals surface area contributed by atoms with Gasteiger partial charge in [0, 0.05) is 17.3 Å². The number of nitrogens with two attached hydrogens (primary N) is 1. The van der Waals surface area contributed by atoms with Gasteiger partial charge in [-0.25, -0.2) is 4.98 Å². The Morgan fingerprint density at radius 2 is 2.31 bits per heavy atom. The van der Waals surface area contributed by atoms with Gasteiger partial charge in [-0.3, -0.25) is 0 Å². The fourth-order valence-corrected chi connectivity index (χ4v) is 2.28. The molecule has 0 aliphatic rings. The van der Waals surface area contributed by atoms with Crippen LogP contribution in [0.2, 0.25) is 5.02 Å². The SMILES string of the molecule is CC(Nc1ccc(N)cc1Cl)c1nccs1. The number of aromatic nitrogens is 1. The van der Waals surface area contributed by atoms with Crippen LogP contribution in [0.5, 0.6) is 0 Å². The highest BCUT2D eigenvalue weighted by atomic mass is 35.5. The first kappa shape index (κ1) is 11.2. The van der Waals surface area contributed by atoms with Gasteiger partial charge >= 0.3 is 0 Å². The summed E-state index contributed by atoms with van der Waals surface area (Å²) in [5.74, 6) is 0. The monoisotopic (exact) mass is 253 g/mol. The van der Waals surface area contributed by atoms with Gasteiger partial charge in [0.15, 0.2) is 0 Å². The first-order valence-corrected chi connectivity index (χ1v) is 6.13. The second-order valence-corrected chi connectivity index (χ2v) is 4.81. The molecule has 1 heterocycles. The Kier molecular flexibility index (Phi) is 3.31. The molecule has 0 fully saturated rings. The van der Waals surface area contributed by atoms with E-state index in [1.54, 1.807) is 23.6 Å². The number of nitrogens with zero attached hydrogens (tertiary/aromatic N) is 1. The lowest BCUT2D eigenvalue weighted by Crippen LogP contribution is -2.06. The van der Waals surface area contributed by atoms with E-state index in [0.717, 1.165) is 10.7 Å². The number of benzene rings is 1. The van der Waals surface area contributed by atoms with Crippen LogP contribution < -0.4 is 11.1 Å². The number of hydrogen-bond donors (Lipinski definition) is 2. The molecule has 3 N–H and O–H groups in total. The van der Waals surface area contributed by atoms with Gasteiger partial charge in [0.2, 0.25) is 0 Å². The molecule has 0 amide bonds. The third kappa shape index (κ3) is 2.46. The number of rotatable bonds is 3. The molecule has 1 aromatic carbocycles. The molecule has 1 unspecified atom stereocenters. The number of thiazole rings is 1. The van der Waals surface area contributed by atoms with Crippen molar-refractivity contribution in [1.29, 1.82) is 0 Å². The molecule has 0 radical (unpaired) electrons. The molecule has 1 aromatic heterocycles. The Labute approximate surface area is 103 Å². The predicted molar refractivity (Wildman–Crippen MR) is 70.0 cm³/mol. The van der Waals surface area contributed by atoms with E-state index in [1.165, 1.54) is 0 Å². The summed E-state index contributed by atoms with van der Waals surface area (Å²) in [5.41, 5.74) is 7.17. The van der Waals surface area contributed by atoms with E-state index < -0.39 is 0 Å². The van der Waals surface area contributed by atoms with Crippen LogP contribution in [0.1, 0.15) is 18.0 Å². The summed E-state index contributed by atoms with van der Waals surface area (Å²) in [6.45, 7) is 2.05. The minimum absolute atomic E-state index is 0.140. The van der Waals surface area contributed by atoms with Gasteiger partial charge in [0.1, 0.15) is 5.01 Å². The number of halogens is 1. The van der Waals surface area contributed by atoms with E-state index in [2.05, 4.69) is 10.3 Å². The van der Waals surface area contributed by atoms with E-state index in [4.69, 9.17) is 17.3 Å². The maximum absolute atomic E-state index is 6.08. The Bertz CT molecular complexity index is 470. The minimum atomic E-state index is 0.140. The van der Waals surface area contributed by atoms with Crippen LogP contribution in [0, 0.1) is 0 Å². The molecule has 2 rings (SSSR count). The highest BCUT2D eigenvalue weighted by Gasteiger charge is 2.09. The number of nitrogens with one attached hydrogen (secondary N) is 1. The number of hydrogen-bond acceptors (Lipinski definition) is 4. The molecule has 16 heavy (non-hydrogen) atoms. The lowest BCUT2D eigenvalue weighted by Gasteiger charge is -2.14. The van der Waals surface area contributed by atoms with Crippen molar-refractivity contribution in [2.24, 2.45) is 0 Å². The van der Waals surface area contributed by atoms with Crippen molar-refractivity contribution in [3.63, 3.8) is 0 Å². The van der Waals surface area contributed by atoms with Gasteiger partial charge in [0.25, 0.3) is 0 Å². The third-order valence-electron chi connectivity index (χ3n) is 2.19. The first-order chi connectivity index (χ1) is 7.66. The van der Waals surface area contributed by atoms with Gasteiger partial charge in [-0.2, -0.15) is 0 Å². The Balaban J connectivity index is 2.15. The Morgan fingerprint density at radius 3 is 2.94 bits per heavy atom. The molecular formula is C11H12ClN3S. The van der Waals surface area contributed by atoms with Gasteiger partial charge in [-0.05, 0) is 25.1 Å². The van der Waals surface area contributed by atoms with Crippen LogP contribution in [0.25, 0.3) is 0 Å². The molecule has 84 valence electrons. The minimum Gasteiger partial charge on any atom is -0.399 e. The zero-order valence-electron chi connectivity index (χ0n) is 8.77. The first-order valence-electron chi connectivity index (χ1n) is 4.88. The summed E-state index contributed by atoms with van der Waals surface area (Å²) in [4.78, 5) is 4.25. The van der Waals surface area contributed by atoms with Crippen LogP contribution >= 0.6 is 22.9 Å². The Morgan fingerprint density at radius 1 is 1.50 bits per heavy atom. The lowest BCUT2D eigenvalue weighted by atomic mass is 10.2. The summed E-state index contributed by atoms with van der Waals surface area (Å²) in [6.07, 6.45) is 1.79. The largest absolute Gasteiger partial charge is 0.399 e. The summed E-state index contributed by atoms with van der Waals surface area (Å²) < 4.78 is 0. The van der Waals surface area contributed by atoms with Crippen molar-refractivity contribution in [1.82, 2.24) is 4.98 Å². The molecular weight excluding hydrogens is 242 g/mol. The highest BCUT2D eigenvalue weighted by Crippen LogP contribution is 2.28. The van der Waals surface area contributed by atoms with Crippen molar-refractivity contribution >= 4 is 34.3 Å². The van der Waals surface area contributed by atoms with Gasteiger partial charge in [0.05, 0.1) is 16.8 Å². The quantitative estimate of drug-likeness (QED) is 0.823. The van der Waals surface area contributed by atoms with Crippen LogP contribution in [-0.4, -0.2) is 4.98 Å². The molecule has 3 nitrogen and oxygen atoms in total. The lowest BCUT2D eigenvalue weighted by molar-refractivity contribution is 0.870. The van der Waals surface area contributed by atoms with E-state index in [-0.39, 0.29) is 6.04 Å². The van der Waals surface area contributed by atoms with Crippen molar-refractivity contribution < 1.29 is 0 Å². The maximum Gasteiger partial charge on any atom is 0.115 e. The molecule has 2 aromatic rings. The van der Waals surface area contributed by atoms with Crippen LogP contribution in [0.4, 0.5) is 11.4 Å². The average molecular weight is 254 g/mol. The molecule has 0 aliphatic carbocycles. The molecule has 0 saturated heterocycles. The highest BCUT2D eigenvalue weighted by molar-refractivity contribution is 7.09. The predicted octanol–water partition coefficient (Wildman–Crippen LogP) is 3.55. The van der Waals surface area contributed by atoms with Crippen LogP contribution in [0.15, 0.2) is 29.8 Å². The maximum atomic E-state index is 6.08. The zero-order valence-corrected chi connectivity index (χ0v) is 10.3. The molecule has 0 bridgehead atoms. The summed E-state index contributed by atoms with van der Waals surface area (Å²) in [6, 6.07) is 5.57. The fourth-order valence-electron chi connectivity index (χ4n) is 1.39. The van der Waals surface area contributed by atoms with Gasteiger partial charge in [-0.15, -0.1) is 11.3 Å². The topological polar surface area (TPSA) is 50.9 Å². The fraction of sp³-hybridized carbons (Fsp3) is 0.182. The Hall–Kier alpha value is -1.26. The second-order valence-electron chi connectivity index (χ2n) is 3.48. The van der Waals surface area contributed by atoms with Crippen molar-refractivity contribution in [2.75, 3.05) is 11.1 Å². The van der Waals surface area contributed by atoms with E-state index in [0.29, 0.717) is 10.7 Å². The second kappa shape index (κ2) is 4.72. The molecule has 0 saturated carbocycles. The summed E-state index contributed by atoms with van der Waals surface area (Å²) in [7, 11) is 0. The standard InChI is InChI=1S/C11H12ClN3S/c1-7(11-14-4-5-16-11)15-10-3-2-8(13)6-9(10)12/h2-7,15H,13H2,1H3. The smallest absolute Gasteiger partial charge is 0.115 e. The summed E-state index contributed by atoms with van der Waals surface area (Å²) in [5, 5.41) is 6.92. The van der Waals surface area contributed by atoms with E-state index in [9.17, 15) is 0 Å². The van der Waals surface area contributed by atoms with E-state index in [1.807, 2.05) is 24.4 Å².